The highest BCUT2D eigenvalue weighted by Gasteiger charge is 2.34. The molecular weight excluding hydrogens is 436 g/mol. The molecular formula is C22H19BrN2O2S. The van der Waals surface area contributed by atoms with Gasteiger partial charge in [-0.3, -0.25) is 9.59 Å². The van der Waals surface area contributed by atoms with Crippen LogP contribution in [0, 0.1) is 6.92 Å². The number of anilines is 1. The fraction of sp³-hybridized carbons (Fsp3) is 0.182. The molecule has 2 heterocycles. The van der Waals surface area contributed by atoms with Crippen molar-refractivity contribution >= 4 is 44.8 Å². The number of thiophene rings is 1. The Bertz CT molecular complexity index is 1030. The first-order chi connectivity index (χ1) is 13.5. The third kappa shape index (κ3) is 3.88. The number of halogens is 1. The number of amides is 2. The Hall–Kier alpha value is -2.44. The highest BCUT2D eigenvalue weighted by molar-refractivity contribution is 9.10. The van der Waals surface area contributed by atoms with Crippen LogP contribution in [0.4, 0.5) is 5.69 Å². The first-order valence-corrected chi connectivity index (χ1v) is 10.7. The summed E-state index contributed by atoms with van der Waals surface area (Å²) in [6, 6.07) is 17.4. The molecule has 1 atom stereocenters. The van der Waals surface area contributed by atoms with Crippen LogP contribution in [0.25, 0.3) is 0 Å². The Labute approximate surface area is 176 Å². The summed E-state index contributed by atoms with van der Waals surface area (Å²) in [6.45, 7) is 2.04. The first kappa shape index (κ1) is 18.9. The van der Waals surface area contributed by atoms with Crippen LogP contribution in [-0.2, 0) is 16.0 Å². The Balaban J connectivity index is 1.77. The molecule has 3 aromatic rings. The van der Waals surface area contributed by atoms with Crippen molar-refractivity contribution in [1.82, 2.24) is 4.90 Å². The lowest BCUT2D eigenvalue weighted by atomic mass is 10.0. The SMILES string of the molecule is Cc1cccc(CC(=O)N2CC(=O)Nc3ccc(Br)cc3C2c2cccs2)c1. The lowest BCUT2D eigenvalue weighted by Gasteiger charge is -2.29. The van der Waals surface area contributed by atoms with E-state index in [2.05, 4.69) is 21.2 Å². The Kier molecular flexibility index (Phi) is 5.33. The van der Waals surface area contributed by atoms with Crippen molar-refractivity contribution in [1.29, 1.82) is 0 Å². The molecule has 1 unspecified atom stereocenters. The number of rotatable bonds is 3. The molecule has 28 heavy (non-hydrogen) atoms. The number of aryl methyl sites for hydroxylation is 1. The molecule has 1 aliphatic heterocycles. The van der Waals surface area contributed by atoms with Gasteiger partial charge in [-0.05, 0) is 42.1 Å². The molecule has 1 aliphatic rings. The smallest absolute Gasteiger partial charge is 0.244 e. The molecule has 0 fully saturated rings. The predicted octanol–water partition coefficient (Wildman–Crippen LogP) is 4.93. The monoisotopic (exact) mass is 454 g/mol. The maximum absolute atomic E-state index is 13.3. The quantitative estimate of drug-likeness (QED) is 0.609. The number of nitrogens with zero attached hydrogens (tertiary/aromatic N) is 1. The minimum atomic E-state index is -0.302. The van der Waals surface area contributed by atoms with Gasteiger partial charge in [0.1, 0.15) is 6.54 Å². The maximum atomic E-state index is 13.3. The van der Waals surface area contributed by atoms with Crippen LogP contribution >= 0.6 is 27.3 Å². The Morgan fingerprint density at radius 3 is 2.82 bits per heavy atom. The number of fused-ring (bicyclic) bond motifs is 1. The highest BCUT2D eigenvalue weighted by Crippen LogP contribution is 2.39. The standard InChI is InChI=1S/C22H19BrN2O2S/c1-14-4-2-5-15(10-14)11-21(27)25-13-20(26)24-18-8-7-16(23)12-17(18)22(25)19-6-3-9-28-19/h2-10,12,22H,11,13H2,1H3,(H,24,26). The first-order valence-electron chi connectivity index (χ1n) is 8.99. The molecule has 2 amide bonds. The van der Waals surface area contributed by atoms with Gasteiger partial charge < -0.3 is 10.2 Å². The third-order valence-corrected chi connectivity index (χ3v) is 6.20. The van der Waals surface area contributed by atoms with E-state index < -0.39 is 0 Å². The number of carbonyl (C=O) groups excluding carboxylic acids is 2. The van der Waals surface area contributed by atoms with Gasteiger partial charge in [0.15, 0.2) is 0 Å². The predicted molar refractivity (Wildman–Crippen MR) is 116 cm³/mol. The van der Waals surface area contributed by atoms with E-state index in [1.807, 2.05) is 66.9 Å². The van der Waals surface area contributed by atoms with Gasteiger partial charge in [0, 0.05) is 20.6 Å². The van der Waals surface area contributed by atoms with Gasteiger partial charge in [0.05, 0.1) is 12.5 Å². The molecule has 2 aromatic carbocycles. The summed E-state index contributed by atoms with van der Waals surface area (Å²) in [5, 5.41) is 4.95. The van der Waals surface area contributed by atoms with Crippen molar-refractivity contribution in [3.63, 3.8) is 0 Å². The number of carbonyl (C=O) groups is 2. The summed E-state index contributed by atoms with van der Waals surface area (Å²) in [4.78, 5) is 28.6. The summed E-state index contributed by atoms with van der Waals surface area (Å²) in [5.41, 5.74) is 3.73. The molecule has 0 saturated carbocycles. The molecule has 0 spiro atoms. The van der Waals surface area contributed by atoms with Gasteiger partial charge in [-0.1, -0.05) is 51.8 Å². The van der Waals surface area contributed by atoms with Gasteiger partial charge >= 0.3 is 0 Å². The van der Waals surface area contributed by atoms with Crippen molar-refractivity contribution in [3.05, 3.63) is 86.0 Å². The van der Waals surface area contributed by atoms with Crippen LogP contribution in [0.2, 0.25) is 0 Å². The average Bonchev–Trinajstić information content (AvgIpc) is 3.13. The van der Waals surface area contributed by atoms with Crippen LogP contribution in [-0.4, -0.2) is 23.3 Å². The minimum absolute atomic E-state index is 0.0273. The zero-order chi connectivity index (χ0) is 19.7. The summed E-state index contributed by atoms with van der Waals surface area (Å²) in [5.74, 6) is -0.243. The Morgan fingerprint density at radius 1 is 1.21 bits per heavy atom. The highest BCUT2D eigenvalue weighted by atomic mass is 79.9. The molecule has 6 heteroatoms. The molecule has 1 aromatic heterocycles. The number of hydrogen-bond acceptors (Lipinski definition) is 3. The minimum Gasteiger partial charge on any atom is -0.324 e. The van der Waals surface area contributed by atoms with Crippen LogP contribution in [0.15, 0.2) is 64.5 Å². The van der Waals surface area contributed by atoms with E-state index >= 15 is 0 Å². The van der Waals surface area contributed by atoms with Gasteiger partial charge in [0.25, 0.3) is 0 Å². The normalized spacial score (nSPS) is 16.3. The molecule has 4 nitrogen and oxygen atoms in total. The second-order valence-corrected chi connectivity index (χ2v) is 8.78. The van der Waals surface area contributed by atoms with Gasteiger partial charge in [-0.25, -0.2) is 0 Å². The topological polar surface area (TPSA) is 49.4 Å². The molecule has 0 saturated heterocycles. The van der Waals surface area contributed by atoms with E-state index in [1.54, 1.807) is 16.2 Å². The van der Waals surface area contributed by atoms with E-state index in [0.717, 1.165) is 31.7 Å². The van der Waals surface area contributed by atoms with Gasteiger partial charge in [-0.15, -0.1) is 11.3 Å². The van der Waals surface area contributed by atoms with Crippen LogP contribution < -0.4 is 5.32 Å². The zero-order valence-electron chi connectivity index (χ0n) is 15.3. The van der Waals surface area contributed by atoms with Gasteiger partial charge in [0.2, 0.25) is 11.8 Å². The second kappa shape index (κ2) is 7.89. The largest absolute Gasteiger partial charge is 0.324 e. The molecule has 4 rings (SSSR count). The lowest BCUT2D eigenvalue weighted by Crippen LogP contribution is -2.39. The van der Waals surface area contributed by atoms with Crippen molar-refractivity contribution in [2.45, 2.75) is 19.4 Å². The Morgan fingerprint density at radius 2 is 2.07 bits per heavy atom. The molecule has 142 valence electrons. The van der Waals surface area contributed by atoms with Gasteiger partial charge in [-0.2, -0.15) is 0 Å². The van der Waals surface area contributed by atoms with E-state index in [0.29, 0.717) is 0 Å². The molecule has 1 N–H and O–H groups in total. The third-order valence-electron chi connectivity index (χ3n) is 4.78. The van der Waals surface area contributed by atoms with E-state index in [9.17, 15) is 9.59 Å². The summed E-state index contributed by atoms with van der Waals surface area (Å²) >= 11 is 5.12. The van der Waals surface area contributed by atoms with E-state index in [4.69, 9.17) is 0 Å². The fourth-order valence-electron chi connectivity index (χ4n) is 3.56. The summed E-state index contributed by atoms with van der Waals surface area (Å²) < 4.78 is 0.912. The maximum Gasteiger partial charge on any atom is 0.244 e. The van der Waals surface area contributed by atoms with Crippen LogP contribution in [0.5, 0.6) is 0 Å². The molecule has 0 radical (unpaired) electrons. The van der Waals surface area contributed by atoms with Crippen molar-refractivity contribution in [3.8, 4) is 0 Å². The van der Waals surface area contributed by atoms with Crippen LogP contribution in [0.1, 0.15) is 27.6 Å². The molecule has 0 bridgehead atoms. The second-order valence-electron chi connectivity index (χ2n) is 6.89. The summed E-state index contributed by atoms with van der Waals surface area (Å²) in [6.07, 6.45) is 0.264. The number of hydrogen-bond donors (Lipinski definition) is 1. The number of nitrogens with one attached hydrogen (secondary N) is 1. The lowest BCUT2D eigenvalue weighted by molar-refractivity contribution is -0.135. The molecule has 0 aliphatic carbocycles. The average molecular weight is 455 g/mol. The van der Waals surface area contributed by atoms with E-state index in [-0.39, 0.29) is 30.8 Å². The van der Waals surface area contributed by atoms with Crippen molar-refractivity contribution in [2.24, 2.45) is 0 Å². The number of benzene rings is 2. The summed E-state index contributed by atoms with van der Waals surface area (Å²) in [7, 11) is 0. The van der Waals surface area contributed by atoms with Crippen molar-refractivity contribution < 1.29 is 9.59 Å². The van der Waals surface area contributed by atoms with Crippen LogP contribution in [0.3, 0.4) is 0 Å². The van der Waals surface area contributed by atoms with E-state index in [1.165, 1.54) is 0 Å². The zero-order valence-corrected chi connectivity index (χ0v) is 17.7. The van der Waals surface area contributed by atoms with Crippen molar-refractivity contribution in [2.75, 3.05) is 11.9 Å². The fourth-order valence-corrected chi connectivity index (χ4v) is 4.79.